The highest BCUT2D eigenvalue weighted by molar-refractivity contribution is 5.89. The summed E-state index contributed by atoms with van der Waals surface area (Å²) in [5, 5.41) is 3.01. The number of carbonyl (C=O) groups is 2. The Kier molecular flexibility index (Phi) is 5.44. The molecule has 1 N–H and O–H groups in total. The van der Waals surface area contributed by atoms with Crippen molar-refractivity contribution in [2.45, 2.75) is 77.3 Å². The predicted octanol–water partition coefficient (Wildman–Crippen LogP) is 2.47. The zero-order valence-electron chi connectivity index (χ0n) is 12.9. The lowest BCUT2D eigenvalue weighted by Gasteiger charge is -2.27. The van der Waals surface area contributed by atoms with Crippen molar-refractivity contribution >= 4 is 11.8 Å². The van der Waals surface area contributed by atoms with Crippen LogP contribution in [0.25, 0.3) is 0 Å². The van der Waals surface area contributed by atoms with Crippen molar-refractivity contribution in [2.75, 3.05) is 6.54 Å². The molecule has 114 valence electrons. The molecule has 2 atom stereocenters. The molecule has 1 aliphatic carbocycles. The minimum absolute atomic E-state index is 0.0591. The van der Waals surface area contributed by atoms with Gasteiger partial charge in [0.1, 0.15) is 0 Å². The number of nitrogens with zero attached hydrogens (tertiary/aromatic N) is 1. The van der Waals surface area contributed by atoms with E-state index in [0.717, 1.165) is 19.3 Å². The second kappa shape index (κ2) is 7.09. The van der Waals surface area contributed by atoms with Gasteiger partial charge in [0.2, 0.25) is 11.8 Å². The number of hydrogen-bond acceptors (Lipinski definition) is 2. The van der Waals surface area contributed by atoms with E-state index in [0.29, 0.717) is 19.0 Å². The second-order valence-electron chi connectivity index (χ2n) is 6.41. The molecular weight excluding hydrogens is 252 g/mol. The lowest BCUT2D eigenvalue weighted by atomic mass is 10.1. The van der Waals surface area contributed by atoms with Gasteiger partial charge >= 0.3 is 0 Å². The van der Waals surface area contributed by atoms with Crippen LogP contribution in [0.2, 0.25) is 0 Å². The Balaban J connectivity index is 1.90. The van der Waals surface area contributed by atoms with Crippen LogP contribution in [0.4, 0.5) is 0 Å². The molecule has 0 bridgehead atoms. The average molecular weight is 280 g/mol. The first-order valence-electron chi connectivity index (χ1n) is 8.21. The average Bonchev–Trinajstić information content (AvgIpc) is 2.66. The molecule has 4 heteroatoms. The van der Waals surface area contributed by atoms with Gasteiger partial charge in [0.15, 0.2) is 0 Å². The number of carbonyl (C=O) groups excluding carboxylic acids is 2. The van der Waals surface area contributed by atoms with Gasteiger partial charge in [-0.1, -0.05) is 32.6 Å². The van der Waals surface area contributed by atoms with E-state index in [1.54, 1.807) is 0 Å². The van der Waals surface area contributed by atoms with Gasteiger partial charge in [0, 0.05) is 25.0 Å². The summed E-state index contributed by atoms with van der Waals surface area (Å²) in [6.07, 6.45) is 8.58. The molecule has 4 nitrogen and oxygen atoms in total. The fourth-order valence-electron chi connectivity index (χ4n) is 3.29. The molecule has 1 heterocycles. The quantitative estimate of drug-likeness (QED) is 0.804. The Bertz CT molecular complexity index is 348. The summed E-state index contributed by atoms with van der Waals surface area (Å²) in [5.41, 5.74) is 0. The first-order chi connectivity index (χ1) is 9.61. The Morgan fingerprint density at radius 2 is 1.95 bits per heavy atom. The van der Waals surface area contributed by atoms with Gasteiger partial charge in [-0.05, 0) is 26.2 Å². The second-order valence-corrected chi connectivity index (χ2v) is 6.41. The zero-order valence-corrected chi connectivity index (χ0v) is 12.9. The van der Waals surface area contributed by atoms with Crippen molar-refractivity contribution < 1.29 is 9.59 Å². The third-order valence-corrected chi connectivity index (χ3v) is 4.80. The van der Waals surface area contributed by atoms with E-state index < -0.39 is 0 Å². The molecular formula is C16H28N2O2. The highest BCUT2D eigenvalue weighted by atomic mass is 16.2. The van der Waals surface area contributed by atoms with E-state index in [2.05, 4.69) is 12.2 Å². The number of rotatable bonds is 4. The normalized spacial score (nSPS) is 26.4. The molecule has 2 rings (SSSR count). The van der Waals surface area contributed by atoms with Crippen LogP contribution in [0.3, 0.4) is 0 Å². The van der Waals surface area contributed by atoms with Crippen LogP contribution in [0.15, 0.2) is 0 Å². The van der Waals surface area contributed by atoms with Gasteiger partial charge in [0.25, 0.3) is 0 Å². The maximum atomic E-state index is 12.2. The van der Waals surface area contributed by atoms with Crippen molar-refractivity contribution in [3.63, 3.8) is 0 Å². The van der Waals surface area contributed by atoms with Gasteiger partial charge in [-0.2, -0.15) is 0 Å². The van der Waals surface area contributed by atoms with Gasteiger partial charge < -0.3 is 10.2 Å². The summed E-state index contributed by atoms with van der Waals surface area (Å²) in [7, 11) is 0. The highest BCUT2D eigenvalue weighted by Crippen LogP contribution is 2.28. The number of likely N-dealkylation sites (tertiary alicyclic amines) is 1. The van der Waals surface area contributed by atoms with Gasteiger partial charge in [0.05, 0.1) is 5.92 Å². The van der Waals surface area contributed by atoms with Crippen LogP contribution in [-0.4, -0.2) is 35.3 Å². The Morgan fingerprint density at radius 3 is 2.55 bits per heavy atom. The molecule has 1 saturated heterocycles. The summed E-state index contributed by atoms with van der Waals surface area (Å²) in [4.78, 5) is 26.4. The Hall–Kier alpha value is -1.06. The highest BCUT2D eigenvalue weighted by Gasteiger charge is 2.37. The largest absolute Gasteiger partial charge is 0.353 e. The molecule has 2 unspecified atom stereocenters. The van der Waals surface area contributed by atoms with Crippen molar-refractivity contribution in [3.8, 4) is 0 Å². The Morgan fingerprint density at radius 1 is 1.30 bits per heavy atom. The molecule has 1 saturated carbocycles. The van der Waals surface area contributed by atoms with E-state index in [-0.39, 0.29) is 23.8 Å². The van der Waals surface area contributed by atoms with Crippen LogP contribution >= 0.6 is 0 Å². The molecule has 0 aromatic rings. The molecule has 20 heavy (non-hydrogen) atoms. The van der Waals surface area contributed by atoms with Crippen molar-refractivity contribution in [1.29, 1.82) is 0 Å². The molecule has 1 aliphatic heterocycles. The van der Waals surface area contributed by atoms with Crippen molar-refractivity contribution in [3.05, 3.63) is 0 Å². The maximum Gasteiger partial charge on any atom is 0.225 e. The maximum absolute atomic E-state index is 12.2. The number of amides is 2. The molecule has 0 aromatic carbocycles. The molecule has 0 spiro atoms. The van der Waals surface area contributed by atoms with Crippen LogP contribution in [0, 0.1) is 5.92 Å². The monoisotopic (exact) mass is 280 g/mol. The minimum atomic E-state index is -0.139. The van der Waals surface area contributed by atoms with E-state index in [1.807, 2.05) is 11.8 Å². The lowest BCUT2D eigenvalue weighted by molar-refractivity contribution is -0.130. The fourth-order valence-corrected chi connectivity index (χ4v) is 3.29. The van der Waals surface area contributed by atoms with Crippen LogP contribution in [0.5, 0.6) is 0 Å². The third kappa shape index (κ3) is 3.74. The molecule has 2 fully saturated rings. The predicted molar refractivity (Wildman–Crippen MR) is 79.2 cm³/mol. The molecule has 2 aliphatic rings. The summed E-state index contributed by atoms with van der Waals surface area (Å²) in [6, 6.07) is 0.580. The van der Waals surface area contributed by atoms with Crippen LogP contribution in [-0.2, 0) is 9.59 Å². The van der Waals surface area contributed by atoms with E-state index in [1.165, 1.54) is 25.7 Å². The summed E-state index contributed by atoms with van der Waals surface area (Å²) in [6.45, 7) is 4.70. The smallest absolute Gasteiger partial charge is 0.225 e. The van der Waals surface area contributed by atoms with Crippen molar-refractivity contribution in [2.24, 2.45) is 5.92 Å². The summed E-state index contributed by atoms with van der Waals surface area (Å²) in [5.74, 6) is 0.102. The molecule has 0 aromatic heterocycles. The van der Waals surface area contributed by atoms with E-state index in [4.69, 9.17) is 0 Å². The molecule has 0 radical (unpaired) electrons. The van der Waals surface area contributed by atoms with Gasteiger partial charge in [-0.3, -0.25) is 9.59 Å². The minimum Gasteiger partial charge on any atom is -0.353 e. The summed E-state index contributed by atoms with van der Waals surface area (Å²) >= 11 is 0. The Labute approximate surface area is 122 Å². The first-order valence-corrected chi connectivity index (χ1v) is 8.21. The first kappa shape index (κ1) is 15.3. The SMILES string of the molecule is CCC(C)NC(=O)C1CC(=O)N(C2CCCCCC2)C1. The topological polar surface area (TPSA) is 49.4 Å². The number of hydrogen-bond donors (Lipinski definition) is 1. The fraction of sp³-hybridized carbons (Fsp3) is 0.875. The number of nitrogens with one attached hydrogen (secondary N) is 1. The van der Waals surface area contributed by atoms with Crippen molar-refractivity contribution in [1.82, 2.24) is 10.2 Å². The molecule has 2 amide bonds. The van der Waals surface area contributed by atoms with Gasteiger partial charge in [-0.15, -0.1) is 0 Å². The standard InChI is InChI=1S/C16H28N2O2/c1-3-12(2)17-16(20)13-10-15(19)18(11-13)14-8-6-4-5-7-9-14/h12-14H,3-11H2,1-2H3,(H,17,20). The van der Waals surface area contributed by atoms with Crippen LogP contribution < -0.4 is 5.32 Å². The van der Waals surface area contributed by atoms with E-state index >= 15 is 0 Å². The third-order valence-electron chi connectivity index (χ3n) is 4.80. The van der Waals surface area contributed by atoms with Gasteiger partial charge in [-0.25, -0.2) is 0 Å². The lowest BCUT2D eigenvalue weighted by Crippen LogP contribution is -2.40. The summed E-state index contributed by atoms with van der Waals surface area (Å²) < 4.78 is 0. The van der Waals surface area contributed by atoms with E-state index in [9.17, 15) is 9.59 Å². The van der Waals surface area contributed by atoms with Crippen LogP contribution in [0.1, 0.15) is 65.2 Å². The zero-order chi connectivity index (χ0) is 14.5.